The summed E-state index contributed by atoms with van der Waals surface area (Å²) >= 11 is 0. The van der Waals surface area contributed by atoms with Crippen LogP contribution in [0.25, 0.3) is 17.0 Å². The molecule has 0 fully saturated rings. The van der Waals surface area contributed by atoms with Gasteiger partial charge in [-0.05, 0) is 19.1 Å². The van der Waals surface area contributed by atoms with Crippen LogP contribution >= 0.6 is 0 Å². The third-order valence-corrected chi connectivity index (χ3v) is 2.99. The molecule has 0 saturated heterocycles. The van der Waals surface area contributed by atoms with Gasteiger partial charge in [0.25, 0.3) is 5.69 Å². The maximum absolute atomic E-state index is 10.6. The fraction of sp³-hybridized carbons (Fsp3) is 0.167. The van der Waals surface area contributed by atoms with Gasteiger partial charge in [0.1, 0.15) is 5.82 Å². The minimum Gasteiger partial charge on any atom is -0.270 e. The van der Waals surface area contributed by atoms with E-state index in [4.69, 9.17) is 0 Å². The molecule has 0 radical (unpaired) electrons. The van der Waals surface area contributed by atoms with Gasteiger partial charge in [0.15, 0.2) is 0 Å². The van der Waals surface area contributed by atoms with E-state index in [9.17, 15) is 10.1 Å². The average molecular weight is 257 g/mol. The number of fused-ring (bicyclic) bond motifs is 1. The molecule has 96 valence electrons. The summed E-state index contributed by atoms with van der Waals surface area (Å²) in [6.45, 7) is 1.90. The molecule has 3 rings (SSSR count). The second-order valence-corrected chi connectivity index (χ2v) is 4.27. The van der Waals surface area contributed by atoms with E-state index in [0.29, 0.717) is 0 Å². The SMILES string of the molecule is Cc1nn(C)c2nc(-c3ccc([N+](=O)[O-])cc3)cn12. The molecular weight excluding hydrogens is 246 g/mol. The van der Waals surface area contributed by atoms with Gasteiger partial charge in [-0.25, -0.2) is 9.67 Å². The molecule has 1 aromatic carbocycles. The van der Waals surface area contributed by atoms with E-state index in [0.717, 1.165) is 22.9 Å². The molecule has 0 bridgehead atoms. The van der Waals surface area contributed by atoms with Crippen molar-refractivity contribution in [2.75, 3.05) is 0 Å². The molecule has 2 aromatic heterocycles. The summed E-state index contributed by atoms with van der Waals surface area (Å²) in [4.78, 5) is 14.7. The van der Waals surface area contributed by atoms with Crippen LogP contribution in [-0.4, -0.2) is 24.1 Å². The van der Waals surface area contributed by atoms with Crippen LogP contribution in [-0.2, 0) is 7.05 Å². The second-order valence-electron chi connectivity index (χ2n) is 4.27. The third kappa shape index (κ3) is 1.75. The smallest absolute Gasteiger partial charge is 0.269 e. The molecule has 0 N–H and O–H groups in total. The van der Waals surface area contributed by atoms with Crippen molar-refractivity contribution in [1.29, 1.82) is 0 Å². The van der Waals surface area contributed by atoms with Crippen LogP contribution in [0, 0.1) is 17.0 Å². The standard InChI is InChI=1S/C12H11N5O2/c1-8-14-15(2)12-13-11(7-16(8)12)9-3-5-10(6-4-9)17(18)19/h3-7H,1-2H3. The Morgan fingerprint density at radius 2 is 1.95 bits per heavy atom. The van der Waals surface area contributed by atoms with Crippen molar-refractivity contribution < 1.29 is 4.92 Å². The van der Waals surface area contributed by atoms with Crippen molar-refractivity contribution in [3.63, 3.8) is 0 Å². The molecule has 7 heteroatoms. The zero-order valence-electron chi connectivity index (χ0n) is 10.4. The monoisotopic (exact) mass is 257 g/mol. The van der Waals surface area contributed by atoms with Crippen LogP contribution in [0.3, 0.4) is 0 Å². The summed E-state index contributed by atoms with van der Waals surface area (Å²) in [6.07, 6.45) is 1.87. The van der Waals surface area contributed by atoms with Crippen molar-refractivity contribution in [2.45, 2.75) is 6.92 Å². The first-order chi connectivity index (χ1) is 9.06. The predicted octanol–water partition coefficient (Wildman–Crippen LogP) is 1.95. The van der Waals surface area contributed by atoms with Crippen LogP contribution in [0.15, 0.2) is 30.5 Å². The van der Waals surface area contributed by atoms with E-state index in [-0.39, 0.29) is 5.69 Å². The van der Waals surface area contributed by atoms with Gasteiger partial charge < -0.3 is 0 Å². The molecule has 0 aliphatic carbocycles. The van der Waals surface area contributed by atoms with Crippen molar-refractivity contribution in [1.82, 2.24) is 19.2 Å². The van der Waals surface area contributed by atoms with Crippen LogP contribution in [0.4, 0.5) is 5.69 Å². The molecule has 3 aromatic rings. The Bertz CT molecular complexity index is 735. The lowest BCUT2D eigenvalue weighted by molar-refractivity contribution is -0.384. The topological polar surface area (TPSA) is 78.3 Å². The highest BCUT2D eigenvalue weighted by Crippen LogP contribution is 2.22. The van der Waals surface area contributed by atoms with Crippen LogP contribution < -0.4 is 0 Å². The fourth-order valence-electron chi connectivity index (χ4n) is 2.04. The van der Waals surface area contributed by atoms with Gasteiger partial charge in [0, 0.05) is 30.9 Å². The van der Waals surface area contributed by atoms with Crippen molar-refractivity contribution in [3.05, 3.63) is 46.4 Å². The molecule has 7 nitrogen and oxygen atoms in total. The number of nitrogens with zero attached hydrogens (tertiary/aromatic N) is 5. The minimum atomic E-state index is -0.415. The maximum atomic E-state index is 10.6. The summed E-state index contributed by atoms with van der Waals surface area (Å²) < 4.78 is 3.58. The number of hydrogen-bond donors (Lipinski definition) is 0. The van der Waals surface area contributed by atoms with Crippen molar-refractivity contribution in [3.8, 4) is 11.3 Å². The fourth-order valence-corrected chi connectivity index (χ4v) is 2.04. The van der Waals surface area contributed by atoms with Gasteiger partial charge in [-0.3, -0.25) is 14.5 Å². The van der Waals surface area contributed by atoms with E-state index in [1.807, 2.05) is 24.6 Å². The number of hydrogen-bond acceptors (Lipinski definition) is 4. The molecule has 0 aliphatic heterocycles. The normalized spacial score (nSPS) is 11.1. The Balaban J connectivity index is 2.08. The highest BCUT2D eigenvalue weighted by Gasteiger charge is 2.11. The van der Waals surface area contributed by atoms with Crippen LogP contribution in [0.2, 0.25) is 0 Å². The second kappa shape index (κ2) is 3.91. The zero-order chi connectivity index (χ0) is 13.6. The molecule has 0 amide bonds. The Kier molecular flexibility index (Phi) is 2.34. The average Bonchev–Trinajstić information content (AvgIpc) is 2.93. The number of aryl methyl sites for hydroxylation is 2. The number of non-ortho nitro benzene ring substituents is 1. The first-order valence-corrected chi connectivity index (χ1v) is 5.70. The number of rotatable bonds is 2. The van der Waals surface area contributed by atoms with Gasteiger partial charge >= 0.3 is 0 Å². The lowest BCUT2D eigenvalue weighted by Gasteiger charge is -1.96. The summed E-state index contributed by atoms with van der Waals surface area (Å²) in [5, 5.41) is 14.9. The Morgan fingerprint density at radius 1 is 1.26 bits per heavy atom. The van der Waals surface area contributed by atoms with Crippen LogP contribution in [0.5, 0.6) is 0 Å². The van der Waals surface area contributed by atoms with Crippen molar-refractivity contribution in [2.24, 2.45) is 7.05 Å². The van der Waals surface area contributed by atoms with E-state index in [2.05, 4.69) is 10.1 Å². The predicted molar refractivity (Wildman–Crippen MR) is 68.8 cm³/mol. The zero-order valence-corrected chi connectivity index (χ0v) is 10.4. The van der Waals surface area contributed by atoms with E-state index < -0.39 is 4.92 Å². The van der Waals surface area contributed by atoms with Gasteiger partial charge in [0.2, 0.25) is 5.78 Å². The number of aromatic nitrogens is 4. The molecule has 0 unspecified atom stereocenters. The summed E-state index contributed by atoms with van der Waals surface area (Å²) in [5.74, 6) is 1.59. The quantitative estimate of drug-likeness (QED) is 0.519. The van der Waals surface area contributed by atoms with Gasteiger partial charge in [-0.15, -0.1) is 0 Å². The molecule has 0 saturated carbocycles. The lowest BCUT2D eigenvalue weighted by Crippen LogP contribution is -1.91. The molecule has 0 aliphatic rings. The van der Waals surface area contributed by atoms with E-state index >= 15 is 0 Å². The summed E-state index contributed by atoms with van der Waals surface area (Å²) in [7, 11) is 1.83. The number of imidazole rings is 1. The van der Waals surface area contributed by atoms with Crippen molar-refractivity contribution >= 4 is 11.5 Å². The molecule has 0 atom stereocenters. The highest BCUT2D eigenvalue weighted by molar-refractivity contribution is 5.63. The summed E-state index contributed by atoms with van der Waals surface area (Å²) in [5.41, 5.74) is 1.69. The Hall–Kier alpha value is -2.70. The van der Waals surface area contributed by atoms with Gasteiger partial charge in [-0.1, -0.05) is 0 Å². The number of nitro groups is 1. The molecule has 19 heavy (non-hydrogen) atoms. The highest BCUT2D eigenvalue weighted by atomic mass is 16.6. The van der Waals surface area contributed by atoms with E-state index in [1.54, 1.807) is 16.8 Å². The first kappa shape index (κ1) is 11.4. The first-order valence-electron chi connectivity index (χ1n) is 5.70. The molecule has 0 spiro atoms. The van der Waals surface area contributed by atoms with Gasteiger partial charge in [-0.2, -0.15) is 5.10 Å². The molecular formula is C12H11N5O2. The maximum Gasteiger partial charge on any atom is 0.269 e. The Morgan fingerprint density at radius 3 is 2.53 bits per heavy atom. The lowest BCUT2D eigenvalue weighted by atomic mass is 10.1. The largest absolute Gasteiger partial charge is 0.270 e. The Labute approximate surface area is 108 Å². The number of nitro benzene ring substituents is 1. The van der Waals surface area contributed by atoms with E-state index in [1.165, 1.54) is 12.1 Å². The summed E-state index contributed by atoms with van der Waals surface area (Å²) in [6, 6.07) is 6.35. The van der Waals surface area contributed by atoms with Crippen LogP contribution in [0.1, 0.15) is 5.82 Å². The number of benzene rings is 1. The van der Waals surface area contributed by atoms with Gasteiger partial charge in [0.05, 0.1) is 10.6 Å². The third-order valence-electron chi connectivity index (χ3n) is 2.99. The minimum absolute atomic E-state index is 0.0744. The molecule has 2 heterocycles.